The van der Waals surface area contributed by atoms with E-state index in [2.05, 4.69) is 5.10 Å². The Bertz CT molecular complexity index is 793. The third kappa shape index (κ3) is 1.84. The highest BCUT2D eigenvalue weighted by Crippen LogP contribution is 2.34. The van der Waals surface area contributed by atoms with Crippen LogP contribution in [-0.4, -0.2) is 22.0 Å². The van der Waals surface area contributed by atoms with Crippen molar-refractivity contribution in [3.63, 3.8) is 0 Å². The summed E-state index contributed by atoms with van der Waals surface area (Å²) in [6.45, 7) is 0. The van der Waals surface area contributed by atoms with Crippen LogP contribution < -0.4 is 10.5 Å². The van der Waals surface area contributed by atoms with Gasteiger partial charge in [0.15, 0.2) is 5.82 Å². The number of nitrogens with two attached hydrogens (primary N) is 1. The molecule has 0 amide bonds. The highest BCUT2D eigenvalue weighted by atomic mass is 16.5. The molecule has 5 heteroatoms. The van der Waals surface area contributed by atoms with E-state index in [0.717, 1.165) is 16.5 Å². The zero-order valence-electron chi connectivity index (χ0n) is 11.3. The molecule has 1 aromatic heterocycles. The molecule has 102 valence electrons. The monoisotopic (exact) mass is 269 g/mol. The second-order valence-corrected chi connectivity index (χ2v) is 4.62. The molecule has 0 unspecified atom stereocenters. The summed E-state index contributed by atoms with van der Waals surface area (Å²) in [4.78, 5) is 0. The van der Waals surface area contributed by atoms with Crippen molar-refractivity contribution in [2.75, 3.05) is 12.8 Å². The summed E-state index contributed by atoms with van der Waals surface area (Å²) in [6, 6.07) is 10.9. The second-order valence-electron chi connectivity index (χ2n) is 4.62. The van der Waals surface area contributed by atoms with Crippen molar-refractivity contribution in [3.8, 4) is 22.6 Å². The number of rotatable bonds is 2. The van der Waals surface area contributed by atoms with Crippen LogP contribution >= 0.6 is 0 Å². The molecule has 0 spiro atoms. The van der Waals surface area contributed by atoms with Crippen molar-refractivity contribution >= 4 is 16.7 Å². The fraction of sp³-hybridized carbons (Fsp3) is 0.133. The Kier molecular flexibility index (Phi) is 2.75. The van der Waals surface area contributed by atoms with Gasteiger partial charge in [0.2, 0.25) is 0 Å². The number of methoxy groups -OCH3 is 1. The maximum Gasteiger partial charge on any atom is 0.153 e. The van der Waals surface area contributed by atoms with Crippen LogP contribution in [0, 0.1) is 0 Å². The summed E-state index contributed by atoms with van der Waals surface area (Å²) in [6.07, 6.45) is 0. The van der Waals surface area contributed by atoms with Crippen LogP contribution in [0.2, 0.25) is 0 Å². The van der Waals surface area contributed by atoms with Gasteiger partial charge in [-0.25, -0.2) is 0 Å². The summed E-state index contributed by atoms with van der Waals surface area (Å²) in [5.41, 5.74) is 8.36. The van der Waals surface area contributed by atoms with E-state index in [1.54, 1.807) is 30.0 Å². The molecule has 0 radical (unpaired) electrons. The van der Waals surface area contributed by atoms with Gasteiger partial charge < -0.3 is 15.6 Å². The molecule has 0 aliphatic rings. The zero-order valence-corrected chi connectivity index (χ0v) is 11.3. The van der Waals surface area contributed by atoms with Crippen molar-refractivity contribution in [1.29, 1.82) is 0 Å². The van der Waals surface area contributed by atoms with Gasteiger partial charge in [-0.3, -0.25) is 4.68 Å². The zero-order chi connectivity index (χ0) is 14.3. The van der Waals surface area contributed by atoms with Crippen molar-refractivity contribution in [2.24, 2.45) is 7.05 Å². The Balaban J connectivity index is 2.22. The Morgan fingerprint density at radius 2 is 2.00 bits per heavy atom. The first-order valence-electron chi connectivity index (χ1n) is 6.20. The minimum Gasteiger partial charge on any atom is -0.507 e. The fourth-order valence-corrected chi connectivity index (χ4v) is 2.33. The van der Waals surface area contributed by atoms with E-state index in [0.29, 0.717) is 17.1 Å². The van der Waals surface area contributed by atoms with Crippen LogP contribution in [0.3, 0.4) is 0 Å². The molecule has 1 heterocycles. The molecule has 2 aromatic carbocycles. The summed E-state index contributed by atoms with van der Waals surface area (Å²) >= 11 is 0. The molecular weight excluding hydrogens is 254 g/mol. The van der Waals surface area contributed by atoms with E-state index in [4.69, 9.17) is 10.5 Å². The molecule has 5 nitrogen and oxygen atoms in total. The minimum absolute atomic E-state index is 0.209. The van der Waals surface area contributed by atoms with Gasteiger partial charge in [0.05, 0.1) is 12.6 Å². The van der Waals surface area contributed by atoms with Crippen molar-refractivity contribution in [3.05, 3.63) is 36.4 Å². The van der Waals surface area contributed by atoms with Gasteiger partial charge in [-0.15, -0.1) is 0 Å². The van der Waals surface area contributed by atoms with E-state index in [1.807, 2.05) is 25.2 Å². The number of aryl methyl sites for hydroxylation is 1. The maximum atomic E-state index is 10.0. The number of phenols is 1. The Hall–Kier alpha value is -2.69. The topological polar surface area (TPSA) is 73.3 Å². The van der Waals surface area contributed by atoms with Crippen molar-refractivity contribution in [1.82, 2.24) is 9.78 Å². The van der Waals surface area contributed by atoms with Crippen molar-refractivity contribution in [2.45, 2.75) is 0 Å². The maximum absolute atomic E-state index is 10.0. The lowest BCUT2D eigenvalue weighted by Gasteiger charge is -2.08. The molecule has 0 saturated carbocycles. The summed E-state index contributed by atoms with van der Waals surface area (Å²) in [7, 11) is 3.44. The van der Waals surface area contributed by atoms with Crippen LogP contribution in [0.15, 0.2) is 36.4 Å². The summed E-state index contributed by atoms with van der Waals surface area (Å²) in [5, 5.41) is 15.1. The van der Waals surface area contributed by atoms with Gasteiger partial charge >= 0.3 is 0 Å². The normalized spacial score (nSPS) is 10.9. The van der Waals surface area contributed by atoms with E-state index < -0.39 is 0 Å². The summed E-state index contributed by atoms with van der Waals surface area (Å²) in [5.74, 6) is 1.41. The van der Waals surface area contributed by atoms with Gasteiger partial charge in [-0.1, -0.05) is 6.07 Å². The largest absolute Gasteiger partial charge is 0.507 e. The number of hydrogen-bond donors (Lipinski definition) is 2. The molecule has 0 atom stereocenters. The molecule has 0 aliphatic heterocycles. The van der Waals surface area contributed by atoms with Gasteiger partial charge in [0.25, 0.3) is 0 Å². The molecule has 3 N–H and O–H groups in total. The Morgan fingerprint density at radius 1 is 1.20 bits per heavy atom. The molecule has 3 rings (SSSR count). The first-order valence-corrected chi connectivity index (χ1v) is 6.20. The number of phenolic OH excluding ortho intramolecular Hbond substituents is 1. The number of nitrogens with zero attached hydrogens (tertiary/aromatic N) is 2. The molecule has 20 heavy (non-hydrogen) atoms. The molecular formula is C15H15N3O2. The van der Waals surface area contributed by atoms with Crippen molar-refractivity contribution < 1.29 is 9.84 Å². The van der Waals surface area contributed by atoms with Gasteiger partial charge in [0, 0.05) is 18.0 Å². The number of fused-ring (bicyclic) bond motifs is 1. The van der Waals surface area contributed by atoms with Crippen LogP contribution in [0.25, 0.3) is 22.0 Å². The number of ether oxygens (including phenoxy) is 1. The van der Waals surface area contributed by atoms with Crippen LogP contribution in [-0.2, 0) is 7.05 Å². The highest BCUT2D eigenvalue weighted by molar-refractivity contribution is 5.92. The van der Waals surface area contributed by atoms with Crippen LogP contribution in [0.5, 0.6) is 11.5 Å². The predicted molar refractivity (Wildman–Crippen MR) is 78.8 cm³/mol. The summed E-state index contributed by atoms with van der Waals surface area (Å²) < 4.78 is 6.93. The molecule has 0 bridgehead atoms. The second kappa shape index (κ2) is 4.45. The SMILES string of the molecule is COc1ccc(O)c(-c2ccc3c(N)nn(C)c3c2)c1. The standard InChI is InChI=1S/C15H15N3O2/c1-18-13-7-9(3-5-11(13)15(16)17-18)12-8-10(20-2)4-6-14(12)19/h3-8,19H,1-2H3,(H2,16,17). The van der Waals surface area contributed by atoms with Crippen LogP contribution in [0.4, 0.5) is 5.82 Å². The molecule has 3 aromatic rings. The number of aromatic nitrogens is 2. The fourth-order valence-electron chi connectivity index (χ4n) is 2.33. The first-order chi connectivity index (χ1) is 9.60. The van der Waals surface area contributed by atoms with E-state index >= 15 is 0 Å². The van der Waals surface area contributed by atoms with Gasteiger partial charge in [-0.2, -0.15) is 5.10 Å². The lowest BCUT2D eigenvalue weighted by atomic mass is 10.0. The lowest BCUT2D eigenvalue weighted by Crippen LogP contribution is -1.91. The number of nitrogen functional groups attached to an aromatic ring is 1. The smallest absolute Gasteiger partial charge is 0.153 e. The predicted octanol–water partition coefficient (Wildman–Crippen LogP) is 2.54. The van der Waals surface area contributed by atoms with Crippen LogP contribution in [0.1, 0.15) is 0 Å². The van der Waals surface area contributed by atoms with Gasteiger partial charge in [-0.05, 0) is 35.9 Å². The number of hydrogen-bond acceptors (Lipinski definition) is 4. The number of aromatic hydroxyl groups is 1. The van der Waals surface area contributed by atoms with E-state index in [9.17, 15) is 5.11 Å². The van der Waals surface area contributed by atoms with E-state index in [1.165, 1.54) is 0 Å². The molecule has 0 aliphatic carbocycles. The average molecular weight is 269 g/mol. The lowest BCUT2D eigenvalue weighted by molar-refractivity contribution is 0.412. The Labute approximate surface area is 116 Å². The Morgan fingerprint density at radius 3 is 2.75 bits per heavy atom. The molecule has 0 saturated heterocycles. The number of benzene rings is 2. The first kappa shape index (κ1) is 12.3. The third-order valence-electron chi connectivity index (χ3n) is 3.39. The van der Waals surface area contributed by atoms with E-state index in [-0.39, 0.29) is 5.75 Å². The quantitative estimate of drug-likeness (QED) is 0.749. The average Bonchev–Trinajstić information content (AvgIpc) is 2.74. The number of anilines is 1. The third-order valence-corrected chi connectivity index (χ3v) is 3.39. The minimum atomic E-state index is 0.209. The highest BCUT2D eigenvalue weighted by Gasteiger charge is 2.10. The molecule has 0 fully saturated rings. The van der Waals surface area contributed by atoms with Gasteiger partial charge in [0.1, 0.15) is 11.5 Å².